The summed E-state index contributed by atoms with van der Waals surface area (Å²) >= 11 is 0. The minimum atomic E-state index is -1.39. The quantitative estimate of drug-likeness (QED) is 0.0273. The van der Waals surface area contributed by atoms with Crippen molar-refractivity contribution in [1.29, 1.82) is 0 Å². The number of carboxylic acid groups (broad SMARTS) is 1. The number of carbonyl (C=O) groups excluding carboxylic acids is 3. The number of aliphatic hydroxyl groups is 1. The second-order valence-corrected chi connectivity index (χ2v) is 15.8. The van der Waals surface area contributed by atoms with Gasteiger partial charge in [0.2, 0.25) is 11.8 Å². The van der Waals surface area contributed by atoms with Gasteiger partial charge in [0.1, 0.15) is 12.1 Å². The van der Waals surface area contributed by atoms with Crippen LogP contribution in [0.15, 0.2) is 48.6 Å². The third kappa shape index (κ3) is 39.6. The second kappa shape index (κ2) is 43.4. The third-order valence-corrected chi connectivity index (χ3v) is 10.3. The first kappa shape index (κ1) is 54.8. The summed E-state index contributed by atoms with van der Waals surface area (Å²) in [7, 11) is 0. The lowest BCUT2D eigenvalue weighted by Crippen LogP contribution is -2.47. The standard InChI is InChI=1S/C49H86N2O7/c1-3-5-7-9-11-13-15-16-17-18-19-20-21-22-24-26-28-33-37-41-48(55)58-44(38-34-30-27-25-23-14-12-10-8-6-4-2)39-35-31-29-32-36-40-46(53)50-42-47(54)51-45(43-52)49(56)57/h11-14,16-17,25,27,44-45,52H,3-10,15,18-24,26,28-43H2,1-2H3,(H,50,53)(H,51,54)(H,56,57)/b13-11-,14-12-,17-16-,27-25-. The summed E-state index contributed by atoms with van der Waals surface area (Å²) in [5, 5.41) is 22.6. The largest absolute Gasteiger partial charge is 0.480 e. The van der Waals surface area contributed by atoms with Crippen molar-refractivity contribution in [2.45, 2.75) is 225 Å². The number of unbranched alkanes of at least 4 members (excludes halogenated alkanes) is 20. The molecule has 2 atom stereocenters. The number of hydrogen-bond donors (Lipinski definition) is 4. The maximum absolute atomic E-state index is 12.8. The van der Waals surface area contributed by atoms with Gasteiger partial charge in [-0.05, 0) is 96.3 Å². The molecule has 0 bridgehead atoms. The number of aliphatic carboxylic acids is 1. The Hall–Kier alpha value is -3.20. The van der Waals surface area contributed by atoms with Crippen LogP contribution in [0.1, 0.15) is 213 Å². The van der Waals surface area contributed by atoms with E-state index in [9.17, 15) is 19.2 Å². The molecule has 9 heteroatoms. The Labute approximate surface area is 354 Å². The monoisotopic (exact) mass is 815 g/mol. The molecule has 4 N–H and O–H groups in total. The molecule has 0 spiro atoms. The van der Waals surface area contributed by atoms with Crippen LogP contribution < -0.4 is 10.6 Å². The lowest BCUT2D eigenvalue weighted by molar-refractivity contribution is -0.150. The smallest absolute Gasteiger partial charge is 0.328 e. The van der Waals surface area contributed by atoms with E-state index in [0.717, 1.165) is 83.5 Å². The molecule has 0 aliphatic rings. The Balaban J connectivity index is 4.30. The van der Waals surface area contributed by atoms with Crippen LogP contribution in [0.2, 0.25) is 0 Å². The van der Waals surface area contributed by atoms with Crippen molar-refractivity contribution in [2.75, 3.05) is 13.2 Å². The number of nitrogens with one attached hydrogen (secondary N) is 2. The van der Waals surface area contributed by atoms with Crippen molar-refractivity contribution in [3.05, 3.63) is 48.6 Å². The number of amides is 2. The molecule has 0 fully saturated rings. The van der Waals surface area contributed by atoms with Gasteiger partial charge in [0.15, 0.2) is 0 Å². The minimum absolute atomic E-state index is 0.0597. The zero-order valence-corrected chi connectivity index (χ0v) is 37.0. The van der Waals surface area contributed by atoms with E-state index in [0.29, 0.717) is 12.8 Å². The molecule has 0 aliphatic carbocycles. The lowest BCUT2D eigenvalue weighted by atomic mass is 10.0. The molecule has 0 aromatic rings. The van der Waals surface area contributed by atoms with Gasteiger partial charge in [-0.3, -0.25) is 14.4 Å². The molecule has 0 rings (SSSR count). The first-order valence-electron chi connectivity index (χ1n) is 23.5. The number of rotatable bonds is 42. The summed E-state index contributed by atoms with van der Waals surface area (Å²) in [5.41, 5.74) is 0. The van der Waals surface area contributed by atoms with E-state index in [1.807, 2.05) is 0 Å². The van der Waals surface area contributed by atoms with Crippen molar-refractivity contribution in [3.8, 4) is 0 Å². The number of hydrogen-bond acceptors (Lipinski definition) is 6. The molecule has 0 heterocycles. The Morgan fingerprint density at radius 2 is 0.948 bits per heavy atom. The number of ether oxygens (including phenoxy) is 1. The van der Waals surface area contributed by atoms with Gasteiger partial charge < -0.3 is 25.6 Å². The van der Waals surface area contributed by atoms with Crippen molar-refractivity contribution in [1.82, 2.24) is 10.6 Å². The first-order valence-corrected chi connectivity index (χ1v) is 23.5. The van der Waals surface area contributed by atoms with Crippen molar-refractivity contribution in [3.63, 3.8) is 0 Å². The van der Waals surface area contributed by atoms with E-state index in [1.165, 1.54) is 96.3 Å². The summed E-state index contributed by atoms with van der Waals surface area (Å²) in [4.78, 5) is 47.6. The summed E-state index contributed by atoms with van der Waals surface area (Å²) in [6.45, 7) is 3.43. The van der Waals surface area contributed by atoms with Crippen LogP contribution in [0, 0.1) is 0 Å². The van der Waals surface area contributed by atoms with Gasteiger partial charge in [-0.2, -0.15) is 0 Å². The molecule has 2 amide bonds. The molecule has 0 radical (unpaired) electrons. The third-order valence-electron chi connectivity index (χ3n) is 10.3. The van der Waals surface area contributed by atoms with Crippen LogP contribution in [-0.2, 0) is 23.9 Å². The van der Waals surface area contributed by atoms with Gasteiger partial charge in [-0.1, -0.05) is 152 Å². The van der Waals surface area contributed by atoms with Gasteiger partial charge in [-0.25, -0.2) is 4.79 Å². The molecule has 2 unspecified atom stereocenters. The van der Waals surface area contributed by atoms with Gasteiger partial charge in [0.25, 0.3) is 0 Å². The van der Waals surface area contributed by atoms with Gasteiger partial charge in [0.05, 0.1) is 13.2 Å². The highest BCUT2D eigenvalue weighted by molar-refractivity contribution is 5.87. The molecule has 334 valence electrons. The Bertz CT molecular complexity index is 1120. The summed E-state index contributed by atoms with van der Waals surface area (Å²) in [6, 6.07) is -1.39. The number of esters is 1. The Morgan fingerprint density at radius 3 is 1.45 bits per heavy atom. The highest BCUT2D eigenvalue weighted by Crippen LogP contribution is 2.18. The zero-order valence-electron chi connectivity index (χ0n) is 37.0. The molecule has 0 aromatic carbocycles. The van der Waals surface area contributed by atoms with E-state index in [1.54, 1.807) is 0 Å². The molecule has 58 heavy (non-hydrogen) atoms. The maximum atomic E-state index is 12.8. The number of carbonyl (C=O) groups is 4. The van der Waals surface area contributed by atoms with E-state index in [-0.39, 0.29) is 30.9 Å². The van der Waals surface area contributed by atoms with Crippen molar-refractivity contribution >= 4 is 23.8 Å². The predicted octanol–water partition coefficient (Wildman–Crippen LogP) is 11.9. The topological polar surface area (TPSA) is 142 Å². The maximum Gasteiger partial charge on any atom is 0.328 e. The number of aliphatic hydroxyl groups excluding tert-OH is 1. The van der Waals surface area contributed by atoms with E-state index >= 15 is 0 Å². The fourth-order valence-corrected chi connectivity index (χ4v) is 6.66. The fraction of sp³-hybridized carbons (Fsp3) is 0.755. The molecule has 0 aromatic heterocycles. The predicted molar refractivity (Wildman–Crippen MR) is 241 cm³/mol. The van der Waals surface area contributed by atoms with Crippen molar-refractivity contribution in [2.24, 2.45) is 0 Å². The molecule has 9 nitrogen and oxygen atoms in total. The molecular formula is C49H86N2O7. The average Bonchev–Trinajstić information content (AvgIpc) is 3.21. The summed E-state index contributed by atoms with van der Waals surface area (Å²) in [6.07, 6.45) is 51.4. The Kier molecular flexibility index (Phi) is 41.0. The zero-order chi connectivity index (χ0) is 42.6. The molecule has 0 saturated carbocycles. The van der Waals surface area contributed by atoms with E-state index in [2.05, 4.69) is 73.1 Å². The summed E-state index contributed by atoms with van der Waals surface area (Å²) in [5.74, 6) is -2.33. The SMILES string of the molecule is CCCCC/C=C\C/C=C\CCCCCCCCCCCC(=O)OC(CCC/C=C\C/C=C\CCCCC)CCCCCCCC(=O)NCC(=O)NC(CO)C(=O)O. The Morgan fingerprint density at radius 1 is 0.517 bits per heavy atom. The van der Waals surface area contributed by atoms with Gasteiger partial charge >= 0.3 is 11.9 Å². The van der Waals surface area contributed by atoms with Crippen LogP contribution in [0.25, 0.3) is 0 Å². The fourth-order valence-electron chi connectivity index (χ4n) is 6.66. The van der Waals surface area contributed by atoms with Crippen LogP contribution in [0.4, 0.5) is 0 Å². The average molecular weight is 815 g/mol. The van der Waals surface area contributed by atoms with Gasteiger partial charge in [-0.15, -0.1) is 0 Å². The highest BCUT2D eigenvalue weighted by atomic mass is 16.5. The second-order valence-electron chi connectivity index (χ2n) is 15.8. The van der Waals surface area contributed by atoms with E-state index < -0.39 is 24.5 Å². The summed E-state index contributed by atoms with van der Waals surface area (Å²) < 4.78 is 6.01. The van der Waals surface area contributed by atoms with E-state index in [4.69, 9.17) is 14.9 Å². The molecular weight excluding hydrogens is 729 g/mol. The molecule has 0 saturated heterocycles. The van der Waals surface area contributed by atoms with Crippen LogP contribution >= 0.6 is 0 Å². The number of allylic oxidation sites excluding steroid dienone is 8. The van der Waals surface area contributed by atoms with Crippen LogP contribution in [0.5, 0.6) is 0 Å². The van der Waals surface area contributed by atoms with Crippen LogP contribution in [-0.4, -0.2) is 59.3 Å². The molecule has 0 aliphatic heterocycles. The lowest BCUT2D eigenvalue weighted by Gasteiger charge is -2.18. The minimum Gasteiger partial charge on any atom is -0.480 e. The normalized spacial score (nSPS) is 12.9. The van der Waals surface area contributed by atoms with Crippen LogP contribution in [0.3, 0.4) is 0 Å². The first-order chi connectivity index (χ1) is 28.3. The van der Waals surface area contributed by atoms with Crippen molar-refractivity contribution < 1.29 is 34.1 Å². The highest BCUT2D eigenvalue weighted by Gasteiger charge is 2.19. The number of carboxylic acids is 1. The van der Waals surface area contributed by atoms with Gasteiger partial charge in [0, 0.05) is 12.8 Å².